The van der Waals surface area contributed by atoms with Crippen molar-refractivity contribution >= 4 is 16.8 Å². The summed E-state index contributed by atoms with van der Waals surface area (Å²) >= 11 is 0. The van der Waals surface area contributed by atoms with Crippen molar-refractivity contribution in [2.45, 2.75) is 51.0 Å². The Labute approximate surface area is 274 Å². The Kier molecular flexibility index (Phi) is 9.73. The van der Waals surface area contributed by atoms with Crippen LogP contribution in [0, 0.1) is 11.6 Å². The van der Waals surface area contributed by atoms with Crippen LogP contribution in [0.1, 0.15) is 35.2 Å². The molecule has 5 aromatic rings. The van der Waals surface area contributed by atoms with E-state index in [4.69, 9.17) is 0 Å². The fourth-order valence-electron chi connectivity index (χ4n) is 6.39. The second kappa shape index (κ2) is 14.1. The van der Waals surface area contributed by atoms with Crippen molar-refractivity contribution in [3.8, 4) is 11.1 Å². The lowest BCUT2D eigenvalue weighted by molar-refractivity contribution is -0.137. The molecule has 0 aliphatic carbocycles. The van der Waals surface area contributed by atoms with E-state index in [1.54, 1.807) is 28.8 Å². The summed E-state index contributed by atoms with van der Waals surface area (Å²) in [6, 6.07) is 24.9. The Morgan fingerprint density at radius 2 is 1.50 bits per heavy atom. The molecule has 0 spiro atoms. The molecule has 2 heterocycles. The van der Waals surface area contributed by atoms with Crippen LogP contribution in [0.3, 0.4) is 0 Å². The first-order chi connectivity index (χ1) is 23.1. The molecule has 0 bridgehead atoms. The maximum Gasteiger partial charge on any atom is 0.416 e. The van der Waals surface area contributed by atoms with Crippen molar-refractivity contribution in [3.05, 3.63) is 141 Å². The minimum absolute atomic E-state index is 0.0381. The van der Waals surface area contributed by atoms with Gasteiger partial charge >= 0.3 is 6.18 Å². The van der Waals surface area contributed by atoms with Gasteiger partial charge in [-0.15, -0.1) is 0 Å². The second-order valence-electron chi connectivity index (χ2n) is 12.1. The summed E-state index contributed by atoms with van der Waals surface area (Å²) in [5.41, 5.74) is 2.66. The number of halogens is 5. The number of piperidine rings is 1. The molecule has 6 rings (SSSR count). The van der Waals surface area contributed by atoms with E-state index in [-0.39, 0.29) is 42.3 Å². The number of benzene rings is 4. The van der Waals surface area contributed by atoms with E-state index >= 15 is 0 Å². The molecule has 248 valence electrons. The molecule has 10 heteroatoms. The Balaban J connectivity index is 1.28. The number of carbonyl (C=O) groups excluding carboxylic acids is 1. The van der Waals surface area contributed by atoms with E-state index in [2.05, 4.69) is 5.32 Å². The fraction of sp³-hybridized carbons (Fsp3) is 0.263. The predicted molar refractivity (Wildman–Crippen MR) is 175 cm³/mol. The maximum absolute atomic E-state index is 14.5. The van der Waals surface area contributed by atoms with Crippen LogP contribution in [-0.4, -0.2) is 34.5 Å². The Hall–Kier alpha value is -4.83. The van der Waals surface area contributed by atoms with Crippen LogP contribution < -0.4 is 10.7 Å². The number of hydrogen-bond acceptors (Lipinski definition) is 3. The van der Waals surface area contributed by atoms with Gasteiger partial charge in [0.1, 0.15) is 6.54 Å². The van der Waals surface area contributed by atoms with Gasteiger partial charge in [-0.3, -0.25) is 9.59 Å². The van der Waals surface area contributed by atoms with E-state index < -0.39 is 23.4 Å². The highest BCUT2D eigenvalue weighted by atomic mass is 19.4. The number of pyridine rings is 1. The Morgan fingerprint density at radius 1 is 0.833 bits per heavy atom. The van der Waals surface area contributed by atoms with Crippen molar-refractivity contribution in [1.82, 2.24) is 14.8 Å². The number of carbonyl (C=O) groups is 1. The first-order valence-corrected chi connectivity index (χ1v) is 15.9. The van der Waals surface area contributed by atoms with E-state index in [0.717, 1.165) is 55.3 Å². The molecular formula is C38H34F5N3O2. The third-order valence-corrected chi connectivity index (χ3v) is 9.00. The Morgan fingerprint density at radius 3 is 2.19 bits per heavy atom. The summed E-state index contributed by atoms with van der Waals surface area (Å²) in [6.07, 6.45) is -2.54. The summed E-state index contributed by atoms with van der Waals surface area (Å²) in [6.45, 7) is 1.77. The van der Waals surface area contributed by atoms with Crippen LogP contribution in [0.25, 0.3) is 22.0 Å². The topological polar surface area (TPSA) is 54.3 Å². The van der Waals surface area contributed by atoms with Crippen molar-refractivity contribution in [2.24, 2.45) is 0 Å². The smallest absolute Gasteiger partial charge is 0.335 e. The maximum atomic E-state index is 14.5. The van der Waals surface area contributed by atoms with Gasteiger partial charge in [-0.25, -0.2) is 8.78 Å². The SMILES string of the molecule is O=C(Cn1c(CCc2cccc(F)c2F)cc(=O)c2ccccc21)N(Cc1ccc(-c2ccc(C(F)(F)F)cc2)cc1)C1CCNCC1. The molecule has 1 aromatic heterocycles. The predicted octanol–water partition coefficient (Wildman–Crippen LogP) is 7.53. The minimum atomic E-state index is -4.41. The third-order valence-electron chi connectivity index (χ3n) is 9.00. The minimum Gasteiger partial charge on any atom is -0.335 e. The quantitative estimate of drug-likeness (QED) is 0.167. The molecule has 0 atom stereocenters. The average Bonchev–Trinajstić information content (AvgIpc) is 3.09. The van der Waals surface area contributed by atoms with E-state index in [9.17, 15) is 31.5 Å². The number of hydrogen-bond donors (Lipinski definition) is 1. The van der Waals surface area contributed by atoms with Gasteiger partial charge < -0.3 is 14.8 Å². The summed E-state index contributed by atoms with van der Waals surface area (Å²) in [7, 11) is 0. The number of nitrogens with one attached hydrogen (secondary N) is 1. The summed E-state index contributed by atoms with van der Waals surface area (Å²) < 4.78 is 69.3. The number of rotatable bonds is 9. The highest BCUT2D eigenvalue weighted by Gasteiger charge is 2.30. The van der Waals surface area contributed by atoms with Crippen molar-refractivity contribution in [1.29, 1.82) is 0 Å². The molecule has 0 unspecified atom stereocenters. The summed E-state index contributed by atoms with van der Waals surface area (Å²) in [5, 5.41) is 3.79. The second-order valence-corrected chi connectivity index (χ2v) is 12.1. The molecule has 1 saturated heterocycles. The number of aromatic nitrogens is 1. The molecule has 4 aromatic carbocycles. The van der Waals surface area contributed by atoms with E-state index in [0.29, 0.717) is 28.7 Å². The lowest BCUT2D eigenvalue weighted by Gasteiger charge is -2.35. The molecule has 5 nitrogen and oxygen atoms in total. The molecule has 48 heavy (non-hydrogen) atoms. The van der Waals surface area contributed by atoms with Gasteiger partial charge in [0, 0.05) is 29.7 Å². The Bertz CT molecular complexity index is 1960. The zero-order chi connectivity index (χ0) is 33.8. The fourth-order valence-corrected chi connectivity index (χ4v) is 6.39. The molecule has 0 saturated carbocycles. The van der Waals surface area contributed by atoms with Crippen LogP contribution in [-0.2, 0) is 36.9 Å². The highest BCUT2D eigenvalue weighted by molar-refractivity contribution is 5.83. The third kappa shape index (κ3) is 7.33. The molecule has 1 N–H and O–H groups in total. The largest absolute Gasteiger partial charge is 0.416 e. The van der Waals surface area contributed by atoms with Gasteiger partial charge in [-0.05, 0) is 91.4 Å². The van der Waals surface area contributed by atoms with Crippen molar-refractivity contribution in [2.75, 3.05) is 13.1 Å². The summed E-state index contributed by atoms with van der Waals surface area (Å²) in [5.74, 6) is -2.02. The van der Waals surface area contributed by atoms with Gasteiger partial charge in [0.2, 0.25) is 5.91 Å². The van der Waals surface area contributed by atoms with Crippen LogP contribution in [0.2, 0.25) is 0 Å². The zero-order valence-electron chi connectivity index (χ0n) is 26.1. The van der Waals surface area contributed by atoms with E-state index in [1.807, 2.05) is 29.2 Å². The standard InChI is InChI=1S/C38H34F5N3O2/c39-33-6-3-4-28(37(33)40)14-17-31-22-35(47)32-5-1-2-7-34(32)45(31)24-36(48)46(30-18-20-44-21-19-30)23-25-8-10-26(11-9-25)27-12-15-29(16-13-27)38(41,42)43/h1-13,15-16,22,30,44H,14,17-21,23-24H2. The molecular weight excluding hydrogens is 625 g/mol. The number of nitrogens with zero attached hydrogens (tertiary/aromatic N) is 2. The van der Waals surface area contributed by atoms with Crippen molar-refractivity contribution in [3.63, 3.8) is 0 Å². The number of fused-ring (bicyclic) bond motifs is 1. The molecule has 1 amide bonds. The van der Waals surface area contributed by atoms with Crippen LogP contribution in [0.15, 0.2) is 102 Å². The number of para-hydroxylation sites is 1. The molecule has 1 aliphatic heterocycles. The molecule has 1 aliphatic rings. The number of amides is 1. The van der Waals surface area contributed by atoms with Crippen LogP contribution in [0.5, 0.6) is 0 Å². The highest BCUT2D eigenvalue weighted by Crippen LogP contribution is 2.31. The van der Waals surface area contributed by atoms with E-state index in [1.165, 1.54) is 30.3 Å². The van der Waals surface area contributed by atoms with Crippen LogP contribution in [0.4, 0.5) is 22.0 Å². The van der Waals surface area contributed by atoms with Gasteiger partial charge in [-0.2, -0.15) is 13.2 Å². The lowest BCUT2D eigenvalue weighted by atomic mass is 10.0. The number of alkyl halides is 3. The summed E-state index contributed by atoms with van der Waals surface area (Å²) in [4.78, 5) is 29.2. The average molecular weight is 660 g/mol. The molecule has 0 radical (unpaired) electrons. The van der Waals surface area contributed by atoms with Gasteiger partial charge in [0.25, 0.3) is 0 Å². The normalized spacial score (nSPS) is 13.9. The first kappa shape index (κ1) is 33.1. The van der Waals surface area contributed by atoms with Gasteiger partial charge in [0.05, 0.1) is 11.1 Å². The lowest BCUT2D eigenvalue weighted by Crippen LogP contribution is -2.47. The zero-order valence-corrected chi connectivity index (χ0v) is 26.1. The monoisotopic (exact) mass is 659 g/mol. The molecule has 1 fully saturated rings. The van der Waals surface area contributed by atoms with Crippen molar-refractivity contribution < 1.29 is 26.7 Å². The van der Waals surface area contributed by atoms with Gasteiger partial charge in [-0.1, -0.05) is 60.7 Å². The van der Waals surface area contributed by atoms with Gasteiger partial charge in [0.15, 0.2) is 17.1 Å². The van der Waals surface area contributed by atoms with Crippen LogP contribution >= 0.6 is 0 Å². The first-order valence-electron chi connectivity index (χ1n) is 15.9. The number of aryl methyl sites for hydroxylation is 2.